The lowest BCUT2D eigenvalue weighted by atomic mass is 9.93. The standard InChI is InChI=1S/C18H16ClN3O3/c1-24-15-4-2-3-13(19)16(15)11-7-8-25-14-6-5-10(9-12(11)14)17(23)22-18(20)21/h2-7,9H,8H2,1H3,(H4,20,21,22,23). The molecule has 1 heterocycles. The minimum atomic E-state index is -0.529. The van der Waals surface area contributed by atoms with Gasteiger partial charge in [0.1, 0.15) is 18.1 Å². The molecule has 3 rings (SSSR count). The summed E-state index contributed by atoms with van der Waals surface area (Å²) in [7, 11) is 1.58. The van der Waals surface area contributed by atoms with E-state index >= 15 is 0 Å². The average molecular weight is 358 g/mol. The van der Waals surface area contributed by atoms with E-state index in [-0.39, 0.29) is 5.96 Å². The molecule has 2 aromatic carbocycles. The van der Waals surface area contributed by atoms with Crippen LogP contribution in [0.2, 0.25) is 5.02 Å². The zero-order valence-electron chi connectivity index (χ0n) is 13.5. The third-order valence-electron chi connectivity index (χ3n) is 3.74. The summed E-state index contributed by atoms with van der Waals surface area (Å²) in [6.07, 6.45) is 1.89. The predicted octanol–water partition coefficient (Wildman–Crippen LogP) is 2.59. The van der Waals surface area contributed by atoms with Gasteiger partial charge in [0.2, 0.25) is 0 Å². The highest BCUT2D eigenvalue weighted by atomic mass is 35.5. The zero-order valence-corrected chi connectivity index (χ0v) is 14.2. The number of carbonyl (C=O) groups is 1. The number of hydrogen-bond donors (Lipinski definition) is 2. The Labute approximate surface area is 149 Å². The van der Waals surface area contributed by atoms with Gasteiger partial charge < -0.3 is 20.9 Å². The quantitative estimate of drug-likeness (QED) is 0.649. The Balaban J connectivity index is 2.14. The van der Waals surface area contributed by atoms with Gasteiger partial charge >= 0.3 is 0 Å². The van der Waals surface area contributed by atoms with Gasteiger partial charge in [-0.1, -0.05) is 17.7 Å². The fraction of sp³-hybridized carbons (Fsp3) is 0.111. The summed E-state index contributed by atoms with van der Waals surface area (Å²) in [6, 6.07) is 10.4. The van der Waals surface area contributed by atoms with E-state index in [9.17, 15) is 4.79 Å². The molecule has 6 nitrogen and oxygen atoms in total. The first-order valence-electron chi connectivity index (χ1n) is 7.45. The highest BCUT2D eigenvalue weighted by Crippen LogP contribution is 2.41. The second kappa shape index (κ2) is 6.86. The molecule has 0 atom stereocenters. The molecule has 0 unspecified atom stereocenters. The molecule has 2 aromatic rings. The first-order valence-corrected chi connectivity index (χ1v) is 7.83. The van der Waals surface area contributed by atoms with Gasteiger partial charge in [-0.25, -0.2) is 0 Å². The Morgan fingerprint density at radius 1 is 1.28 bits per heavy atom. The number of carbonyl (C=O) groups excluding carboxylic acids is 1. The minimum absolute atomic E-state index is 0.289. The van der Waals surface area contributed by atoms with Crippen LogP contribution in [0.5, 0.6) is 11.5 Å². The summed E-state index contributed by atoms with van der Waals surface area (Å²) in [4.78, 5) is 15.7. The van der Waals surface area contributed by atoms with Gasteiger partial charge in [0, 0.05) is 16.7 Å². The highest BCUT2D eigenvalue weighted by Gasteiger charge is 2.22. The molecule has 1 amide bonds. The molecule has 0 aromatic heterocycles. The summed E-state index contributed by atoms with van der Waals surface area (Å²) in [5, 5.41) is 0.541. The van der Waals surface area contributed by atoms with Crippen molar-refractivity contribution in [2.45, 2.75) is 0 Å². The van der Waals surface area contributed by atoms with Crippen LogP contribution in [0.3, 0.4) is 0 Å². The van der Waals surface area contributed by atoms with E-state index in [4.69, 9.17) is 32.5 Å². The van der Waals surface area contributed by atoms with E-state index in [0.29, 0.717) is 34.3 Å². The largest absolute Gasteiger partial charge is 0.496 e. The number of fused-ring (bicyclic) bond motifs is 1. The number of methoxy groups -OCH3 is 1. The highest BCUT2D eigenvalue weighted by molar-refractivity contribution is 6.33. The normalized spacial score (nSPS) is 12.5. The molecular formula is C18H16ClN3O3. The van der Waals surface area contributed by atoms with E-state index < -0.39 is 5.91 Å². The van der Waals surface area contributed by atoms with E-state index in [1.807, 2.05) is 18.2 Å². The van der Waals surface area contributed by atoms with E-state index in [1.54, 1.807) is 31.4 Å². The Bertz CT molecular complexity index is 902. The van der Waals surface area contributed by atoms with Gasteiger partial charge in [0.25, 0.3) is 5.91 Å². The second-order valence-corrected chi connectivity index (χ2v) is 5.71. The fourth-order valence-electron chi connectivity index (χ4n) is 2.68. The van der Waals surface area contributed by atoms with Gasteiger partial charge in [-0.3, -0.25) is 4.79 Å². The number of ether oxygens (including phenoxy) is 2. The molecule has 4 N–H and O–H groups in total. The second-order valence-electron chi connectivity index (χ2n) is 5.30. The number of benzene rings is 2. The minimum Gasteiger partial charge on any atom is -0.496 e. The molecule has 0 saturated carbocycles. The van der Waals surface area contributed by atoms with Crippen molar-refractivity contribution in [3.05, 3.63) is 64.2 Å². The first kappa shape index (κ1) is 16.9. The van der Waals surface area contributed by atoms with E-state index in [0.717, 1.165) is 11.1 Å². The van der Waals surface area contributed by atoms with Gasteiger partial charge in [-0.05, 0) is 42.0 Å². The van der Waals surface area contributed by atoms with Crippen molar-refractivity contribution in [1.29, 1.82) is 0 Å². The summed E-state index contributed by atoms with van der Waals surface area (Å²) < 4.78 is 11.1. The smallest absolute Gasteiger partial charge is 0.280 e. The zero-order chi connectivity index (χ0) is 18.0. The summed E-state index contributed by atoms with van der Waals surface area (Å²) >= 11 is 6.40. The molecule has 0 spiro atoms. The van der Waals surface area contributed by atoms with Crippen LogP contribution in [0.4, 0.5) is 0 Å². The van der Waals surface area contributed by atoms with Gasteiger partial charge in [0.15, 0.2) is 5.96 Å². The molecule has 128 valence electrons. The van der Waals surface area contributed by atoms with Crippen LogP contribution >= 0.6 is 11.6 Å². The SMILES string of the molecule is COc1cccc(Cl)c1C1=CCOc2ccc(C(=O)N=C(N)N)cc21. The van der Waals surface area contributed by atoms with Crippen LogP contribution < -0.4 is 20.9 Å². The number of hydrogen-bond acceptors (Lipinski definition) is 3. The molecule has 1 aliphatic heterocycles. The molecule has 0 bridgehead atoms. The molecular weight excluding hydrogens is 342 g/mol. The topological polar surface area (TPSA) is 99.9 Å². The Morgan fingerprint density at radius 2 is 2.08 bits per heavy atom. The maximum atomic E-state index is 12.1. The molecule has 1 aliphatic rings. The molecule has 0 radical (unpaired) electrons. The monoisotopic (exact) mass is 357 g/mol. The molecule has 7 heteroatoms. The Hall–Kier alpha value is -2.99. The number of nitrogens with two attached hydrogens (primary N) is 2. The van der Waals surface area contributed by atoms with Crippen molar-refractivity contribution in [3.63, 3.8) is 0 Å². The predicted molar refractivity (Wildman–Crippen MR) is 97.2 cm³/mol. The van der Waals surface area contributed by atoms with E-state index in [2.05, 4.69) is 4.99 Å². The van der Waals surface area contributed by atoms with Crippen molar-refractivity contribution in [2.24, 2.45) is 16.5 Å². The summed E-state index contributed by atoms with van der Waals surface area (Å²) in [5.41, 5.74) is 13.2. The van der Waals surface area contributed by atoms with Crippen LogP contribution in [0.1, 0.15) is 21.5 Å². The number of guanidine groups is 1. The van der Waals surface area contributed by atoms with Crippen LogP contribution in [0, 0.1) is 0 Å². The lowest BCUT2D eigenvalue weighted by Gasteiger charge is -2.21. The van der Waals surface area contributed by atoms with Crippen LogP contribution in [-0.2, 0) is 0 Å². The van der Waals surface area contributed by atoms with Gasteiger partial charge in [-0.15, -0.1) is 0 Å². The molecule has 0 aliphatic carbocycles. The number of halogens is 1. The Morgan fingerprint density at radius 3 is 2.80 bits per heavy atom. The maximum Gasteiger partial charge on any atom is 0.280 e. The Kier molecular flexibility index (Phi) is 4.63. The van der Waals surface area contributed by atoms with Gasteiger partial charge in [-0.2, -0.15) is 4.99 Å². The first-order chi connectivity index (χ1) is 12.0. The van der Waals surface area contributed by atoms with Gasteiger partial charge in [0.05, 0.1) is 12.1 Å². The molecule has 0 fully saturated rings. The van der Waals surface area contributed by atoms with Crippen molar-refractivity contribution in [2.75, 3.05) is 13.7 Å². The van der Waals surface area contributed by atoms with Crippen LogP contribution in [-0.4, -0.2) is 25.6 Å². The number of amides is 1. The van der Waals surface area contributed by atoms with Crippen LogP contribution in [0.15, 0.2) is 47.5 Å². The lowest BCUT2D eigenvalue weighted by Crippen LogP contribution is -2.24. The van der Waals surface area contributed by atoms with Crippen molar-refractivity contribution < 1.29 is 14.3 Å². The summed E-state index contributed by atoms with van der Waals surface area (Å²) in [6.45, 7) is 0.387. The van der Waals surface area contributed by atoms with Crippen molar-refractivity contribution in [3.8, 4) is 11.5 Å². The lowest BCUT2D eigenvalue weighted by molar-refractivity contribution is 0.100. The number of nitrogens with zero attached hydrogens (tertiary/aromatic N) is 1. The van der Waals surface area contributed by atoms with Crippen LogP contribution in [0.25, 0.3) is 5.57 Å². The van der Waals surface area contributed by atoms with E-state index in [1.165, 1.54) is 0 Å². The van der Waals surface area contributed by atoms with Crippen molar-refractivity contribution in [1.82, 2.24) is 0 Å². The number of aliphatic imine (C=N–C) groups is 1. The fourth-order valence-corrected chi connectivity index (χ4v) is 2.95. The third kappa shape index (κ3) is 3.29. The molecule has 0 saturated heterocycles. The van der Waals surface area contributed by atoms with Crippen molar-refractivity contribution >= 4 is 29.0 Å². The maximum absolute atomic E-state index is 12.1. The third-order valence-corrected chi connectivity index (χ3v) is 4.05. The number of rotatable bonds is 3. The average Bonchev–Trinajstić information content (AvgIpc) is 2.60. The molecule has 25 heavy (non-hydrogen) atoms. The summed E-state index contributed by atoms with van der Waals surface area (Å²) in [5.74, 6) is 0.453.